The van der Waals surface area contributed by atoms with Crippen molar-refractivity contribution in [2.45, 2.75) is 13.5 Å². The van der Waals surface area contributed by atoms with Crippen LogP contribution in [0.15, 0.2) is 18.2 Å². The van der Waals surface area contributed by atoms with Crippen molar-refractivity contribution < 1.29 is 19.4 Å². The zero-order chi connectivity index (χ0) is 18.7. The third kappa shape index (κ3) is 3.83. The SMILES string of the molecule is COc1cc([N+](=O)[O-])ccc1NC(=O)Cn1nc([N+](=O)[O-])c(Cl)c1C. The second-order valence-electron chi connectivity index (χ2n) is 4.83. The van der Waals surface area contributed by atoms with Gasteiger partial charge in [-0.05, 0) is 17.9 Å². The van der Waals surface area contributed by atoms with Crippen molar-refractivity contribution in [1.82, 2.24) is 9.78 Å². The Bertz CT molecular complexity index is 865. The molecule has 0 saturated carbocycles. The zero-order valence-corrected chi connectivity index (χ0v) is 13.8. The first-order valence-corrected chi connectivity index (χ1v) is 7.12. The van der Waals surface area contributed by atoms with Crippen molar-refractivity contribution in [3.63, 3.8) is 0 Å². The molecule has 11 nitrogen and oxygen atoms in total. The van der Waals surface area contributed by atoms with Gasteiger partial charge in [-0.1, -0.05) is 11.6 Å². The van der Waals surface area contributed by atoms with Gasteiger partial charge in [0.25, 0.3) is 5.69 Å². The number of rotatable bonds is 6. The van der Waals surface area contributed by atoms with Crippen molar-refractivity contribution in [3.05, 3.63) is 49.1 Å². The van der Waals surface area contributed by atoms with Gasteiger partial charge in [-0.15, -0.1) is 0 Å². The standard InChI is InChI=1S/C13H12ClN5O6/c1-7-12(14)13(19(23)24)16-17(7)6-11(20)15-9-4-3-8(18(21)22)5-10(9)25-2/h3-5H,6H2,1-2H3,(H,15,20). The summed E-state index contributed by atoms with van der Waals surface area (Å²) >= 11 is 5.81. The highest BCUT2D eigenvalue weighted by atomic mass is 35.5. The summed E-state index contributed by atoms with van der Waals surface area (Å²) in [5.41, 5.74) is 0.280. The number of amides is 1. The molecule has 0 aliphatic heterocycles. The molecule has 1 heterocycles. The molecule has 0 saturated heterocycles. The number of halogens is 1. The molecule has 1 aromatic heterocycles. The van der Waals surface area contributed by atoms with Crippen LogP contribution in [0.1, 0.15) is 5.69 Å². The fraction of sp³-hybridized carbons (Fsp3) is 0.231. The summed E-state index contributed by atoms with van der Waals surface area (Å²) in [6, 6.07) is 3.69. The van der Waals surface area contributed by atoms with Crippen LogP contribution in [-0.2, 0) is 11.3 Å². The van der Waals surface area contributed by atoms with Crippen LogP contribution in [-0.4, -0.2) is 32.6 Å². The number of aromatic nitrogens is 2. The van der Waals surface area contributed by atoms with Gasteiger partial charge in [0.15, 0.2) is 5.02 Å². The molecule has 2 aromatic rings. The van der Waals surface area contributed by atoms with Crippen molar-refractivity contribution in [3.8, 4) is 5.75 Å². The minimum Gasteiger partial charge on any atom is -0.494 e. The number of anilines is 1. The molecular weight excluding hydrogens is 358 g/mol. The first-order valence-electron chi connectivity index (χ1n) is 6.74. The van der Waals surface area contributed by atoms with Crippen LogP contribution in [0.2, 0.25) is 5.02 Å². The van der Waals surface area contributed by atoms with Gasteiger partial charge in [0.1, 0.15) is 12.3 Å². The van der Waals surface area contributed by atoms with Crippen molar-refractivity contribution in [2.24, 2.45) is 0 Å². The van der Waals surface area contributed by atoms with Crippen molar-refractivity contribution in [2.75, 3.05) is 12.4 Å². The van der Waals surface area contributed by atoms with E-state index in [2.05, 4.69) is 10.4 Å². The number of carbonyl (C=O) groups excluding carboxylic acids is 1. The summed E-state index contributed by atoms with van der Waals surface area (Å²) in [4.78, 5) is 32.4. The van der Waals surface area contributed by atoms with E-state index in [1.54, 1.807) is 0 Å². The number of methoxy groups -OCH3 is 1. The molecular formula is C13H12ClN5O6. The second kappa shape index (κ2) is 7.13. The number of non-ortho nitro benzene ring substituents is 1. The van der Waals surface area contributed by atoms with Gasteiger partial charge >= 0.3 is 5.82 Å². The van der Waals surface area contributed by atoms with Gasteiger partial charge in [0, 0.05) is 6.07 Å². The molecule has 1 aromatic carbocycles. The Morgan fingerprint density at radius 1 is 1.36 bits per heavy atom. The molecule has 0 fully saturated rings. The first kappa shape index (κ1) is 18.1. The molecule has 12 heteroatoms. The van der Waals surface area contributed by atoms with E-state index >= 15 is 0 Å². The number of carbonyl (C=O) groups is 1. The van der Waals surface area contributed by atoms with E-state index in [9.17, 15) is 25.0 Å². The highest BCUT2D eigenvalue weighted by Crippen LogP contribution is 2.29. The van der Waals surface area contributed by atoms with Crippen molar-refractivity contribution >= 4 is 34.7 Å². The summed E-state index contributed by atoms with van der Waals surface area (Å²) in [6.45, 7) is 1.15. The van der Waals surface area contributed by atoms with Gasteiger partial charge < -0.3 is 20.2 Å². The number of nitro benzene ring substituents is 1. The van der Waals surface area contributed by atoms with Gasteiger partial charge in [-0.25, -0.2) is 0 Å². The Morgan fingerprint density at radius 2 is 2.04 bits per heavy atom. The predicted octanol–water partition coefficient (Wildman–Crippen LogP) is 2.31. The third-order valence-corrected chi connectivity index (χ3v) is 3.70. The number of hydrogen-bond acceptors (Lipinski definition) is 7. The summed E-state index contributed by atoms with van der Waals surface area (Å²) in [5, 5.41) is 27.6. The Balaban J connectivity index is 2.20. The normalized spacial score (nSPS) is 10.4. The molecule has 0 aliphatic rings. The van der Waals surface area contributed by atoms with E-state index in [0.717, 1.165) is 10.7 Å². The van der Waals surface area contributed by atoms with E-state index in [1.807, 2.05) is 0 Å². The number of nitro groups is 2. The fourth-order valence-corrected chi connectivity index (χ4v) is 2.21. The number of benzene rings is 1. The van der Waals surface area contributed by atoms with E-state index in [-0.39, 0.29) is 34.4 Å². The lowest BCUT2D eigenvalue weighted by molar-refractivity contribution is -0.389. The minimum atomic E-state index is -0.747. The smallest absolute Gasteiger partial charge is 0.408 e. The van der Waals surface area contributed by atoms with Crippen LogP contribution in [0.5, 0.6) is 5.75 Å². The van der Waals surface area contributed by atoms with Gasteiger partial charge in [-0.3, -0.25) is 14.9 Å². The zero-order valence-electron chi connectivity index (χ0n) is 13.1. The average Bonchev–Trinajstić information content (AvgIpc) is 2.83. The number of nitrogens with one attached hydrogen (secondary N) is 1. The average molecular weight is 370 g/mol. The lowest BCUT2D eigenvalue weighted by atomic mass is 10.2. The molecule has 0 spiro atoms. The number of nitrogens with zero attached hydrogens (tertiary/aromatic N) is 4. The monoisotopic (exact) mass is 369 g/mol. The van der Waals surface area contributed by atoms with Crippen LogP contribution < -0.4 is 10.1 Å². The minimum absolute atomic E-state index is 0.101. The third-order valence-electron chi connectivity index (χ3n) is 3.25. The van der Waals surface area contributed by atoms with Crippen LogP contribution in [0, 0.1) is 27.2 Å². The Labute approximate surface area is 145 Å². The van der Waals surface area contributed by atoms with E-state index in [0.29, 0.717) is 0 Å². The quantitative estimate of drug-likeness (QED) is 0.607. The van der Waals surface area contributed by atoms with Gasteiger partial charge in [0.05, 0.1) is 34.6 Å². The highest BCUT2D eigenvalue weighted by molar-refractivity contribution is 6.33. The molecule has 0 atom stereocenters. The Morgan fingerprint density at radius 3 is 2.56 bits per heavy atom. The predicted molar refractivity (Wildman–Crippen MR) is 86.9 cm³/mol. The number of ether oxygens (including phenoxy) is 1. The summed E-state index contributed by atoms with van der Waals surface area (Å²) < 4.78 is 6.10. The maximum atomic E-state index is 12.1. The van der Waals surface area contributed by atoms with Crippen molar-refractivity contribution in [1.29, 1.82) is 0 Å². The topological polar surface area (TPSA) is 142 Å². The maximum Gasteiger partial charge on any atom is 0.408 e. The maximum absolute atomic E-state index is 12.1. The highest BCUT2D eigenvalue weighted by Gasteiger charge is 2.25. The van der Waals surface area contributed by atoms with Crippen LogP contribution in [0.25, 0.3) is 0 Å². The molecule has 0 unspecified atom stereocenters. The van der Waals surface area contributed by atoms with E-state index < -0.39 is 21.6 Å². The lowest BCUT2D eigenvalue weighted by Crippen LogP contribution is -2.20. The second-order valence-corrected chi connectivity index (χ2v) is 5.21. The van der Waals surface area contributed by atoms with E-state index in [1.165, 1.54) is 26.2 Å². The molecule has 2 rings (SSSR count). The summed E-state index contributed by atoms with van der Waals surface area (Å²) in [5.74, 6) is -1.01. The molecule has 25 heavy (non-hydrogen) atoms. The van der Waals surface area contributed by atoms with Crippen LogP contribution >= 0.6 is 11.6 Å². The summed E-state index contributed by atoms with van der Waals surface area (Å²) in [7, 11) is 1.30. The fourth-order valence-electron chi connectivity index (χ4n) is 2.00. The first-order chi connectivity index (χ1) is 11.7. The van der Waals surface area contributed by atoms with Crippen LogP contribution in [0.3, 0.4) is 0 Å². The molecule has 1 N–H and O–H groups in total. The molecule has 0 bridgehead atoms. The molecule has 1 amide bonds. The Kier molecular flexibility index (Phi) is 5.17. The number of hydrogen-bond donors (Lipinski definition) is 1. The van der Waals surface area contributed by atoms with Crippen LogP contribution in [0.4, 0.5) is 17.2 Å². The Hall–Kier alpha value is -3.21. The van der Waals surface area contributed by atoms with E-state index in [4.69, 9.17) is 16.3 Å². The lowest BCUT2D eigenvalue weighted by Gasteiger charge is -2.09. The molecule has 0 aliphatic carbocycles. The van der Waals surface area contributed by atoms with Gasteiger partial charge in [0.2, 0.25) is 5.91 Å². The largest absolute Gasteiger partial charge is 0.494 e. The van der Waals surface area contributed by atoms with Gasteiger partial charge in [-0.2, -0.15) is 4.68 Å². The molecule has 132 valence electrons. The summed E-state index contributed by atoms with van der Waals surface area (Å²) in [6.07, 6.45) is 0. The molecule has 0 radical (unpaired) electrons.